The van der Waals surface area contributed by atoms with E-state index in [0.29, 0.717) is 12.1 Å². The summed E-state index contributed by atoms with van der Waals surface area (Å²) in [5.74, 6) is -0.790. The van der Waals surface area contributed by atoms with Crippen LogP contribution in [-0.4, -0.2) is 38.7 Å². The maximum atomic E-state index is 12.9. The molecule has 0 aliphatic carbocycles. The Kier molecular flexibility index (Phi) is 5.15. The molecule has 0 saturated heterocycles. The minimum atomic E-state index is -0.696. The van der Waals surface area contributed by atoms with E-state index >= 15 is 0 Å². The number of hydrogen-bond acceptors (Lipinski definition) is 4. The number of amides is 1. The van der Waals surface area contributed by atoms with Gasteiger partial charge in [-0.15, -0.1) is 5.10 Å². The Bertz CT molecular complexity index is 834. The maximum absolute atomic E-state index is 12.9. The zero-order valence-electron chi connectivity index (χ0n) is 13.3. The van der Waals surface area contributed by atoms with Crippen molar-refractivity contribution in [3.05, 3.63) is 77.9 Å². The molecular weight excluding hydrogens is 323 g/mol. The first-order valence-electron chi connectivity index (χ1n) is 7.80. The van der Waals surface area contributed by atoms with Gasteiger partial charge in [0.25, 0.3) is 5.91 Å². The fourth-order valence-electron chi connectivity index (χ4n) is 2.33. The van der Waals surface area contributed by atoms with Crippen molar-refractivity contribution < 1.29 is 14.3 Å². The van der Waals surface area contributed by atoms with Gasteiger partial charge in [0.1, 0.15) is 5.82 Å². The Balaban J connectivity index is 1.56. The molecule has 25 heavy (non-hydrogen) atoms. The topological polar surface area (TPSA) is 80.0 Å². The van der Waals surface area contributed by atoms with E-state index in [1.165, 1.54) is 35.3 Å². The third kappa shape index (κ3) is 4.48. The number of halogens is 1. The summed E-state index contributed by atoms with van der Waals surface area (Å²) in [6.45, 7) is 0.108. The molecule has 7 heteroatoms. The van der Waals surface area contributed by atoms with Crippen molar-refractivity contribution in [3.63, 3.8) is 0 Å². The van der Waals surface area contributed by atoms with Crippen LogP contribution in [0.3, 0.4) is 0 Å². The highest BCUT2D eigenvalue weighted by atomic mass is 19.1. The zero-order valence-corrected chi connectivity index (χ0v) is 13.3. The Morgan fingerprint density at radius 3 is 2.60 bits per heavy atom. The number of nitrogens with zero attached hydrogens (tertiary/aromatic N) is 3. The lowest BCUT2D eigenvalue weighted by Gasteiger charge is -2.11. The normalized spacial score (nSPS) is 11.9. The lowest BCUT2D eigenvalue weighted by molar-refractivity contribution is 0.0910. The van der Waals surface area contributed by atoms with E-state index in [1.54, 1.807) is 0 Å². The Morgan fingerprint density at radius 1 is 1.16 bits per heavy atom. The fraction of sp³-hybridized carbons (Fsp3) is 0.167. The van der Waals surface area contributed by atoms with Crippen LogP contribution < -0.4 is 5.32 Å². The Hall–Kier alpha value is -3.06. The number of carbonyl (C=O) groups is 1. The van der Waals surface area contributed by atoms with Gasteiger partial charge in [0, 0.05) is 13.0 Å². The van der Waals surface area contributed by atoms with Crippen molar-refractivity contribution in [2.24, 2.45) is 0 Å². The summed E-state index contributed by atoms with van der Waals surface area (Å²) in [5, 5.41) is 20.7. The molecule has 0 bridgehead atoms. The van der Waals surface area contributed by atoms with E-state index in [2.05, 4.69) is 15.5 Å². The van der Waals surface area contributed by atoms with E-state index in [4.69, 9.17) is 0 Å². The van der Waals surface area contributed by atoms with Gasteiger partial charge >= 0.3 is 0 Å². The molecule has 128 valence electrons. The molecule has 3 rings (SSSR count). The highest BCUT2D eigenvalue weighted by molar-refractivity contribution is 5.91. The molecule has 1 aromatic heterocycles. The van der Waals surface area contributed by atoms with Crippen LogP contribution in [0, 0.1) is 5.82 Å². The summed E-state index contributed by atoms with van der Waals surface area (Å²) in [4.78, 5) is 13.3. The molecule has 0 fully saturated rings. The van der Waals surface area contributed by atoms with Gasteiger partial charge in [0.05, 0.1) is 18.0 Å². The van der Waals surface area contributed by atoms with Gasteiger partial charge in [-0.1, -0.05) is 30.3 Å². The molecule has 1 amide bonds. The molecule has 2 N–H and O–H groups in total. The van der Waals surface area contributed by atoms with Crippen molar-refractivity contribution in [2.75, 3.05) is 6.54 Å². The summed E-state index contributed by atoms with van der Waals surface area (Å²) in [7, 11) is 0. The van der Waals surface area contributed by atoms with E-state index in [-0.39, 0.29) is 18.1 Å². The van der Waals surface area contributed by atoms with E-state index in [1.807, 2.05) is 30.3 Å². The smallest absolute Gasteiger partial charge is 0.273 e. The molecule has 0 aliphatic rings. The molecule has 1 heterocycles. The molecule has 0 radical (unpaired) electrons. The summed E-state index contributed by atoms with van der Waals surface area (Å²) in [5.41, 5.74) is 1.66. The summed E-state index contributed by atoms with van der Waals surface area (Å²) in [6.07, 6.45) is 1.07. The summed E-state index contributed by atoms with van der Waals surface area (Å²) in [6, 6.07) is 15.1. The maximum Gasteiger partial charge on any atom is 0.273 e. The van der Waals surface area contributed by atoms with Crippen LogP contribution >= 0.6 is 0 Å². The van der Waals surface area contributed by atoms with Gasteiger partial charge in [-0.05, 0) is 29.8 Å². The molecule has 0 spiro atoms. The van der Waals surface area contributed by atoms with Gasteiger partial charge in [-0.2, -0.15) is 9.90 Å². The van der Waals surface area contributed by atoms with Crippen LogP contribution in [0.5, 0.6) is 0 Å². The molecular formula is C18H17FN4O2. The summed E-state index contributed by atoms with van der Waals surface area (Å²) < 4.78 is 12.9. The van der Waals surface area contributed by atoms with E-state index < -0.39 is 12.0 Å². The van der Waals surface area contributed by atoms with Crippen molar-refractivity contribution >= 4 is 5.91 Å². The van der Waals surface area contributed by atoms with Crippen LogP contribution in [0.25, 0.3) is 5.69 Å². The number of nitrogens with one attached hydrogen (secondary N) is 1. The Morgan fingerprint density at radius 2 is 1.88 bits per heavy atom. The first-order valence-corrected chi connectivity index (χ1v) is 7.80. The molecule has 0 aliphatic heterocycles. The third-order valence-corrected chi connectivity index (χ3v) is 3.59. The summed E-state index contributed by atoms with van der Waals surface area (Å²) >= 11 is 0. The molecule has 1 unspecified atom stereocenters. The van der Waals surface area contributed by atoms with Gasteiger partial charge < -0.3 is 10.4 Å². The van der Waals surface area contributed by atoms with Crippen molar-refractivity contribution in [1.29, 1.82) is 0 Å². The second-order valence-electron chi connectivity index (χ2n) is 5.55. The quantitative estimate of drug-likeness (QED) is 0.716. The number of benzene rings is 2. The lowest BCUT2D eigenvalue weighted by Crippen LogP contribution is -2.33. The fourth-order valence-corrected chi connectivity index (χ4v) is 2.33. The number of aliphatic hydroxyl groups excluding tert-OH is 1. The molecule has 6 nitrogen and oxygen atoms in total. The van der Waals surface area contributed by atoms with Gasteiger partial charge in [0.2, 0.25) is 0 Å². The highest BCUT2D eigenvalue weighted by Gasteiger charge is 2.13. The minimum Gasteiger partial charge on any atom is -0.391 e. The molecule has 0 saturated carbocycles. The number of aromatic nitrogens is 3. The number of rotatable bonds is 6. The predicted octanol–water partition coefficient (Wildman–Crippen LogP) is 1.74. The molecule has 2 aromatic carbocycles. The van der Waals surface area contributed by atoms with E-state index in [0.717, 1.165) is 5.56 Å². The first-order chi connectivity index (χ1) is 12.1. The SMILES string of the molecule is O=C(NCC(O)Cc1ccccc1)c1cnn(-c2ccc(F)cc2)n1. The van der Waals surface area contributed by atoms with Crippen LogP contribution in [0.1, 0.15) is 16.1 Å². The van der Waals surface area contributed by atoms with Gasteiger partial charge in [-0.3, -0.25) is 4.79 Å². The predicted molar refractivity (Wildman–Crippen MR) is 89.8 cm³/mol. The zero-order chi connectivity index (χ0) is 17.6. The van der Waals surface area contributed by atoms with Crippen LogP contribution in [-0.2, 0) is 6.42 Å². The number of carbonyl (C=O) groups excluding carboxylic acids is 1. The first kappa shape index (κ1) is 16.8. The average Bonchev–Trinajstić information content (AvgIpc) is 3.11. The third-order valence-electron chi connectivity index (χ3n) is 3.59. The molecule has 1 atom stereocenters. The van der Waals surface area contributed by atoms with Crippen molar-refractivity contribution in [3.8, 4) is 5.69 Å². The second kappa shape index (κ2) is 7.67. The van der Waals surface area contributed by atoms with Crippen molar-refractivity contribution in [2.45, 2.75) is 12.5 Å². The van der Waals surface area contributed by atoms with Gasteiger partial charge in [-0.25, -0.2) is 4.39 Å². The van der Waals surface area contributed by atoms with Crippen LogP contribution in [0.4, 0.5) is 4.39 Å². The average molecular weight is 340 g/mol. The van der Waals surface area contributed by atoms with Gasteiger partial charge in [0.15, 0.2) is 5.69 Å². The largest absolute Gasteiger partial charge is 0.391 e. The monoisotopic (exact) mass is 340 g/mol. The Labute approximate surface area is 143 Å². The number of aliphatic hydroxyl groups is 1. The number of hydrogen-bond donors (Lipinski definition) is 2. The lowest BCUT2D eigenvalue weighted by atomic mass is 10.1. The van der Waals surface area contributed by atoms with Crippen molar-refractivity contribution in [1.82, 2.24) is 20.3 Å². The standard InChI is InChI=1S/C18H17FN4O2/c19-14-6-8-15(9-7-14)23-21-12-17(22-23)18(25)20-11-16(24)10-13-4-2-1-3-5-13/h1-9,12,16,24H,10-11H2,(H,20,25). The molecule has 3 aromatic rings. The minimum absolute atomic E-state index is 0.108. The highest BCUT2D eigenvalue weighted by Crippen LogP contribution is 2.07. The van der Waals surface area contributed by atoms with E-state index in [9.17, 15) is 14.3 Å². The van der Waals surface area contributed by atoms with Crippen LogP contribution in [0.15, 0.2) is 60.8 Å². The second-order valence-corrected chi connectivity index (χ2v) is 5.55. The van der Waals surface area contributed by atoms with Crippen LogP contribution in [0.2, 0.25) is 0 Å².